The fraction of sp³-hybridized carbons (Fsp3) is 0.200. The Morgan fingerprint density at radius 2 is 2.07 bits per heavy atom. The zero-order valence-electron chi connectivity index (χ0n) is 8.03. The summed E-state index contributed by atoms with van der Waals surface area (Å²) in [6.45, 7) is 0.599. The van der Waals surface area contributed by atoms with Crippen molar-refractivity contribution in [2.24, 2.45) is 5.73 Å². The van der Waals surface area contributed by atoms with Gasteiger partial charge in [0, 0.05) is 19.0 Å². The van der Waals surface area contributed by atoms with E-state index < -0.39 is 0 Å². The molecule has 0 radical (unpaired) electrons. The molecule has 1 aromatic rings. The van der Waals surface area contributed by atoms with E-state index in [1.165, 1.54) is 5.56 Å². The zero-order chi connectivity index (χ0) is 9.97. The lowest BCUT2D eigenvalue weighted by Gasteiger charge is -2.10. The number of rotatable bonds is 2. The molecule has 0 saturated carbocycles. The first-order valence-corrected chi connectivity index (χ1v) is 5.30. The van der Waals surface area contributed by atoms with Crippen molar-refractivity contribution < 1.29 is 0 Å². The van der Waals surface area contributed by atoms with Gasteiger partial charge < -0.3 is 11.2 Å². The quantitative estimate of drug-likeness (QED) is 0.722. The molecule has 4 heteroatoms. The van der Waals surface area contributed by atoms with Crippen LogP contribution in [0.1, 0.15) is 11.1 Å². The Labute approximate surface area is 88.1 Å². The zero-order valence-corrected chi connectivity index (χ0v) is 8.84. The van der Waals surface area contributed by atoms with Crippen LogP contribution >= 0.6 is 11.9 Å². The molecule has 0 aliphatic carbocycles. The maximum absolute atomic E-state index is 5.53. The molecular formula is C10H13N3S. The van der Waals surface area contributed by atoms with E-state index in [0.29, 0.717) is 6.54 Å². The standard InChI is InChI=1S/C10H13N3S/c1-13-12-10(7-14-13)9-4-2-8(6-11)3-5-9/h2-5,7,12H,6,11H2,1H3. The van der Waals surface area contributed by atoms with Crippen LogP contribution in [0.2, 0.25) is 0 Å². The molecule has 0 spiro atoms. The highest BCUT2D eigenvalue weighted by atomic mass is 32.2. The Hall–Kier alpha value is -0.970. The smallest absolute Gasteiger partial charge is 0.0648 e. The van der Waals surface area contributed by atoms with Crippen molar-refractivity contribution in [1.82, 2.24) is 9.84 Å². The van der Waals surface area contributed by atoms with Crippen LogP contribution in [0.3, 0.4) is 0 Å². The number of benzene rings is 1. The molecule has 0 fully saturated rings. The van der Waals surface area contributed by atoms with Gasteiger partial charge in [-0.25, -0.2) is 0 Å². The number of hydrogen-bond donors (Lipinski definition) is 2. The summed E-state index contributed by atoms with van der Waals surface area (Å²) in [5.74, 6) is 0. The minimum atomic E-state index is 0.599. The molecule has 0 unspecified atom stereocenters. The van der Waals surface area contributed by atoms with Gasteiger partial charge in [-0.3, -0.25) is 0 Å². The van der Waals surface area contributed by atoms with Gasteiger partial charge in [-0.1, -0.05) is 24.3 Å². The van der Waals surface area contributed by atoms with Crippen LogP contribution in [0.5, 0.6) is 0 Å². The second-order valence-corrected chi connectivity index (χ2v) is 4.14. The second kappa shape index (κ2) is 4.04. The number of nitrogens with two attached hydrogens (primary N) is 1. The first-order valence-electron chi connectivity index (χ1n) is 4.46. The predicted molar refractivity (Wildman–Crippen MR) is 60.8 cm³/mol. The first kappa shape index (κ1) is 9.58. The van der Waals surface area contributed by atoms with Crippen LogP contribution in [-0.2, 0) is 6.54 Å². The Kier molecular flexibility index (Phi) is 2.77. The van der Waals surface area contributed by atoms with Gasteiger partial charge in [0.05, 0.1) is 5.70 Å². The van der Waals surface area contributed by atoms with Gasteiger partial charge in [-0.2, -0.15) is 4.41 Å². The average Bonchev–Trinajstić information content (AvgIpc) is 2.65. The van der Waals surface area contributed by atoms with E-state index in [2.05, 4.69) is 35.1 Å². The molecule has 1 aromatic carbocycles. The molecule has 0 saturated heterocycles. The van der Waals surface area contributed by atoms with Crippen molar-refractivity contribution in [3.05, 3.63) is 40.8 Å². The fourth-order valence-electron chi connectivity index (χ4n) is 1.31. The summed E-state index contributed by atoms with van der Waals surface area (Å²) in [6, 6.07) is 8.28. The highest BCUT2D eigenvalue weighted by molar-refractivity contribution is 8.00. The van der Waals surface area contributed by atoms with Crippen LogP contribution in [0.15, 0.2) is 29.7 Å². The number of nitrogens with zero attached hydrogens (tertiary/aromatic N) is 1. The maximum atomic E-state index is 5.53. The third kappa shape index (κ3) is 1.92. The van der Waals surface area contributed by atoms with Crippen molar-refractivity contribution >= 4 is 17.6 Å². The van der Waals surface area contributed by atoms with Gasteiger partial charge in [0.2, 0.25) is 0 Å². The molecule has 0 aromatic heterocycles. The maximum Gasteiger partial charge on any atom is 0.0648 e. The molecule has 1 aliphatic rings. The lowest BCUT2D eigenvalue weighted by Crippen LogP contribution is -2.21. The molecule has 14 heavy (non-hydrogen) atoms. The van der Waals surface area contributed by atoms with E-state index in [1.54, 1.807) is 11.9 Å². The third-order valence-electron chi connectivity index (χ3n) is 2.11. The van der Waals surface area contributed by atoms with Gasteiger partial charge in [-0.05, 0) is 23.1 Å². The van der Waals surface area contributed by atoms with E-state index in [9.17, 15) is 0 Å². The Bertz CT molecular complexity index is 345. The minimum Gasteiger partial charge on any atom is -0.326 e. The molecule has 1 heterocycles. The molecule has 0 bridgehead atoms. The van der Waals surface area contributed by atoms with Gasteiger partial charge >= 0.3 is 0 Å². The van der Waals surface area contributed by atoms with E-state index in [4.69, 9.17) is 5.73 Å². The molecule has 74 valence electrons. The summed E-state index contributed by atoms with van der Waals surface area (Å²) in [4.78, 5) is 0. The molecule has 3 N–H and O–H groups in total. The Morgan fingerprint density at radius 3 is 2.57 bits per heavy atom. The summed E-state index contributed by atoms with van der Waals surface area (Å²) in [7, 11) is 1.99. The SMILES string of the molecule is CN1NC(c2ccc(CN)cc2)=CS1. The molecule has 2 rings (SSSR count). The van der Waals surface area contributed by atoms with E-state index in [0.717, 1.165) is 11.3 Å². The van der Waals surface area contributed by atoms with E-state index in [-0.39, 0.29) is 0 Å². The number of hydrogen-bond acceptors (Lipinski definition) is 4. The Balaban J connectivity index is 2.17. The van der Waals surface area contributed by atoms with Crippen LogP contribution in [0, 0.1) is 0 Å². The average molecular weight is 207 g/mol. The molecule has 0 amide bonds. The van der Waals surface area contributed by atoms with Crippen molar-refractivity contribution in [3.8, 4) is 0 Å². The van der Waals surface area contributed by atoms with E-state index >= 15 is 0 Å². The fourth-order valence-corrected chi connectivity index (χ4v) is 1.91. The van der Waals surface area contributed by atoms with Gasteiger partial charge in [0.1, 0.15) is 0 Å². The summed E-state index contributed by atoms with van der Waals surface area (Å²) >= 11 is 1.65. The summed E-state index contributed by atoms with van der Waals surface area (Å²) in [5, 5.41) is 2.09. The largest absolute Gasteiger partial charge is 0.326 e. The van der Waals surface area contributed by atoms with Crippen molar-refractivity contribution in [2.45, 2.75) is 6.54 Å². The minimum absolute atomic E-state index is 0.599. The number of nitrogens with one attached hydrogen (secondary N) is 1. The normalized spacial score (nSPS) is 16.6. The van der Waals surface area contributed by atoms with Crippen molar-refractivity contribution in [2.75, 3.05) is 7.05 Å². The van der Waals surface area contributed by atoms with Crippen LogP contribution in [0.4, 0.5) is 0 Å². The highest BCUT2D eigenvalue weighted by Gasteiger charge is 2.10. The predicted octanol–water partition coefficient (Wildman–Crippen LogP) is 1.54. The first-order chi connectivity index (χ1) is 6.79. The third-order valence-corrected chi connectivity index (χ3v) is 2.86. The molecule has 3 nitrogen and oxygen atoms in total. The topological polar surface area (TPSA) is 41.3 Å². The van der Waals surface area contributed by atoms with Gasteiger partial charge in [0.25, 0.3) is 0 Å². The summed E-state index contributed by atoms with van der Waals surface area (Å²) in [6.07, 6.45) is 0. The van der Waals surface area contributed by atoms with Crippen LogP contribution in [0.25, 0.3) is 5.70 Å². The number of hydrazine groups is 1. The summed E-state index contributed by atoms with van der Waals surface area (Å²) in [5.41, 5.74) is 12.3. The van der Waals surface area contributed by atoms with Crippen molar-refractivity contribution in [1.29, 1.82) is 0 Å². The molecular weight excluding hydrogens is 194 g/mol. The van der Waals surface area contributed by atoms with Gasteiger partial charge in [0.15, 0.2) is 0 Å². The van der Waals surface area contributed by atoms with Crippen molar-refractivity contribution in [3.63, 3.8) is 0 Å². The van der Waals surface area contributed by atoms with Crippen LogP contribution < -0.4 is 11.2 Å². The van der Waals surface area contributed by atoms with E-state index in [1.807, 2.05) is 11.5 Å². The lowest BCUT2D eigenvalue weighted by atomic mass is 10.1. The molecule has 1 aliphatic heterocycles. The van der Waals surface area contributed by atoms with Gasteiger partial charge in [-0.15, -0.1) is 0 Å². The monoisotopic (exact) mass is 207 g/mol. The lowest BCUT2D eigenvalue weighted by molar-refractivity contribution is 0.517. The second-order valence-electron chi connectivity index (χ2n) is 3.15. The van der Waals surface area contributed by atoms with Crippen LogP contribution in [-0.4, -0.2) is 11.5 Å². The summed E-state index contributed by atoms with van der Waals surface area (Å²) < 4.78 is 1.96. The highest BCUT2D eigenvalue weighted by Crippen LogP contribution is 2.24. The molecule has 0 atom stereocenters. The Morgan fingerprint density at radius 1 is 1.36 bits per heavy atom.